The number of pyridine rings is 1. The van der Waals surface area contributed by atoms with Crippen LogP contribution in [0.15, 0.2) is 22.7 Å². The Morgan fingerprint density at radius 3 is 2.74 bits per heavy atom. The minimum Gasteiger partial charge on any atom is -0.423 e. The van der Waals surface area contributed by atoms with Crippen LogP contribution in [0.4, 0.5) is 5.82 Å². The van der Waals surface area contributed by atoms with Gasteiger partial charge in [0.25, 0.3) is 5.91 Å². The predicted octanol–water partition coefficient (Wildman–Crippen LogP) is 2.61. The molecule has 0 bridgehead atoms. The van der Waals surface area contributed by atoms with Crippen molar-refractivity contribution in [3.63, 3.8) is 0 Å². The van der Waals surface area contributed by atoms with Gasteiger partial charge in [0.2, 0.25) is 11.8 Å². The molecule has 0 aromatic carbocycles. The third kappa shape index (κ3) is 4.10. The number of anilines is 1. The predicted molar refractivity (Wildman–Crippen MR) is 101 cm³/mol. The van der Waals surface area contributed by atoms with Crippen molar-refractivity contribution in [3.8, 4) is 0 Å². The Kier molecular flexibility index (Phi) is 6.05. The minimum absolute atomic E-state index is 0.0569. The summed E-state index contributed by atoms with van der Waals surface area (Å²) >= 11 is 0. The van der Waals surface area contributed by atoms with E-state index in [0.717, 1.165) is 25.3 Å². The number of carbonyl (C=O) groups excluding carboxylic acids is 1. The van der Waals surface area contributed by atoms with E-state index >= 15 is 0 Å². The molecule has 0 saturated carbocycles. The van der Waals surface area contributed by atoms with Crippen molar-refractivity contribution >= 4 is 11.7 Å². The molecule has 1 aliphatic heterocycles. The number of methoxy groups -OCH3 is 1. The van der Waals surface area contributed by atoms with E-state index in [1.54, 1.807) is 25.1 Å². The summed E-state index contributed by atoms with van der Waals surface area (Å²) in [6.07, 6.45) is 3.27. The Balaban J connectivity index is 1.80. The van der Waals surface area contributed by atoms with Gasteiger partial charge in [-0.25, -0.2) is 4.98 Å². The summed E-state index contributed by atoms with van der Waals surface area (Å²) in [6.45, 7) is 8.29. The number of aromatic nitrogens is 3. The van der Waals surface area contributed by atoms with Crippen LogP contribution in [0.5, 0.6) is 0 Å². The zero-order chi connectivity index (χ0) is 19.4. The van der Waals surface area contributed by atoms with Gasteiger partial charge in [0.05, 0.1) is 11.7 Å². The summed E-state index contributed by atoms with van der Waals surface area (Å²) < 4.78 is 11.0. The quantitative estimate of drug-likeness (QED) is 0.737. The van der Waals surface area contributed by atoms with Crippen LogP contribution in [0.25, 0.3) is 0 Å². The van der Waals surface area contributed by atoms with E-state index in [0.29, 0.717) is 30.3 Å². The minimum atomic E-state index is -0.282. The van der Waals surface area contributed by atoms with Gasteiger partial charge in [-0.3, -0.25) is 4.79 Å². The van der Waals surface area contributed by atoms with Crippen molar-refractivity contribution in [2.24, 2.45) is 0 Å². The third-order valence-corrected chi connectivity index (χ3v) is 4.88. The fourth-order valence-electron chi connectivity index (χ4n) is 3.44. The molecule has 2 aromatic rings. The number of likely N-dealkylation sites (tertiary alicyclic amines) is 1. The summed E-state index contributed by atoms with van der Waals surface area (Å²) in [7, 11) is 1.65. The van der Waals surface area contributed by atoms with Gasteiger partial charge in [-0.05, 0) is 25.5 Å². The first kappa shape index (κ1) is 19.3. The van der Waals surface area contributed by atoms with Crippen molar-refractivity contribution in [2.45, 2.75) is 45.8 Å². The molecule has 0 unspecified atom stereocenters. The first-order valence-electron chi connectivity index (χ1n) is 9.42. The molecule has 27 heavy (non-hydrogen) atoms. The Labute approximate surface area is 159 Å². The lowest BCUT2D eigenvalue weighted by atomic mass is 10.2. The van der Waals surface area contributed by atoms with E-state index in [1.165, 1.54) is 0 Å². The van der Waals surface area contributed by atoms with Crippen molar-refractivity contribution in [3.05, 3.63) is 35.7 Å². The number of hydrogen-bond acceptors (Lipinski definition) is 7. The summed E-state index contributed by atoms with van der Waals surface area (Å²) in [5.41, 5.74) is 0.546. The second-order valence-electron chi connectivity index (χ2n) is 6.71. The molecule has 1 fully saturated rings. The van der Waals surface area contributed by atoms with E-state index < -0.39 is 0 Å². The number of ether oxygens (including phenoxy) is 1. The SMILES string of the molecule is CCCN(CC)c1ccc(C(=O)N2C[C@H](OC)C[C@@H]2c2nnc(C)o2)cn1. The largest absolute Gasteiger partial charge is 0.423 e. The molecule has 2 atom stereocenters. The van der Waals surface area contributed by atoms with E-state index in [4.69, 9.17) is 9.15 Å². The molecule has 3 heterocycles. The van der Waals surface area contributed by atoms with Gasteiger partial charge in [-0.1, -0.05) is 6.92 Å². The van der Waals surface area contributed by atoms with Gasteiger partial charge in [0.1, 0.15) is 11.9 Å². The molecular weight excluding hydrogens is 346 g/mol. The molecule has 1 aliphatic rings. The van der Waals surface area contributed by atoms with Crippen molar-refractivity contribution in [1.82, 2.24) is 20.1 Å². The van der Waals surface area contributed by atoms with E-state index in [9.17, 15) is 4.79 Å². The Bertz CT molecular complexity index is 761. The van der Waals surface area contributed by atoms with Crippen LogP contribution in [0, 0.1) is 6.92 Å². The molecule has 8 heteroatoms. The number of carbonyl (C=O) groups is 1. The maximum Gasteiger partial charge on any atom is 0.256 e. The highest BCUT2D eigenvalue weighted by Gasteiger charge is 2.39. The van der Waals surface area contributed by atoms with Crippen LogP contribution in [0.1, 0.15) is 54.9 Å². The second-order valence-corrected chi connectivity index (χ2v) is 6.71. The average Bonchev–Trinajstić information content (AvgIpc) is 3.31. The van der Waals surface area contributed by atoms with E-state index in [-0.39, 0.29) is 18.1 Å². The van der Waals surface area contributed by atoms with Crippen molar-refractivity contribution < 1.29 is 13.9 Å². The summed E-state index contributed by atoms with van der Waals surface area (Å²) in [4.78, 5) is 21.5. The first-order valence-corrected chi connectivity index (χ1v) is 9.42. The van der Waals surface area contributed by atoms with Gasteiger partial charge in [0, 0.05) is 46.3 Å². The van der Waals surface area contributed by atoms with Crippen LogP contribution >= 0.6 is 0 Å². The lowest BCUT2D eigenvalue weighted by molar-refractivity contribution is 0.0673. The molecule has 0 radical (unpaired) electrons. The number of hydrogen-bond donors (Lipinski definition) is 0. The molecule has 3 rings (SSSR count). The molecule has 1 saturated heterocycles. The lowest BCUT2D eigenvalue weighted by Gasteiger charge is -2.23. The summed E-state index contributed by atoms with van der Waals surface area (Å²) in [5.74, 6) is 1.72. The molecule has 146 valence electrons. The van der Waals surface area contributed by atoms with E-state index in [1.807, 2.05) is 12.1 Å². The van der Waals surface area contributed by atoms with Crippen LogP contribution < -0.4 is 4.90 Å². The summed E-state index contributed by atoms with van der Waals surface area (Å²) in [5, 5.41) is 8.00. The number of aryl methyl sites for hydroxylation is 1. The lowest BCUT2D eigenvalue weighted by Crippen LogP contribution is -2.32. The van der Waals surface area contributed by atoms with Gasteiger partial charge in [-0.15, -0.1) is 10.2 Å². The van der Waals surface area contributed by atoms with Gasteiger partial charge in [0.15, 0.2) is 0 Å². The smallest absolute Gasteiger partial charge is 0.256 e. The summed E-state index contributed by atoms with van der Waals surface area (Å²) in [6, 6.07) is 3.46. The fourth-order valence-corrected chi connectivity index (χ4v) is 3.44. The molecule has 8 nitrogen and oxygen atoms in total. The van der Waals surface area contributed by atoms with Crippen LogP contribution in [0.3, 0.4) is 0 Å². The number of amides is 1. The molecule has 0 aliphatic carbocycles. The highest BCUT2D eigenvalue weighted by atomic mass is 16.5. The third-order valence-electron chi connectivity index (χ3n) is 4.88. The normalized spacial score (nSPS) is 19.5. The van der Waals surface area contributed by atoms with Gasteiger partial charge < -0.3 is 19.0 Å². The fraction of sp³-hybridized carbons (Fsp3) is 0.579. The van der Waals surface area contributed by atoms with Crippen molar-refractivity contribution in [1.29, 1.82) is 0 Å². The highest BCUT2D eigenvalue weighted by molar-refractivity contribution is 5.94. The zero-order valence-corrected chi connectivity index (χ0v) is 16.4. The molecular formula is C19H27N5O3. The molecule has 1 amide bonds. The zero-order valence-electron chi connectivity index (χ0n) is 16.4. The maximum atomic E-state index is 13.1. The second kappa shape index (κ2) is 8.47. The number of nitrogens with zero attached hydrogens (tertiary/aromatic N) is 5. The average molecular weight is 373 g/mol. The van der Waals surface area contributed by atoms with E-state index in [2.05, 4.69) is 33.9 Å². The van der Waals surface area contributed by atoms with Crippen LogP contribution in [0.2, 0.25) is 0 Å². The topological polar surface area (TPSA) is 84.6 Å². The van der Waals surface area contributed by atoms with Crippen molar-refractivity contribution in [2.75, 3.05) is 31.6 Å². The van der Waals surface area contributed by atoms with Gasteiger partial charge in [-0.2, -0.15) is 0 Å². The Morgan fingerprint density at radius 1 is 1.37 bits per heavy atom. The van der Waals surface area contributed by atoms with Crippen LogP contribution in [-0.2, 0) is 4.74 Å². The molecule has 0 spiro atoms. The standard InChI is InChI=1S/C19H27N5O3/c1-5-9-23(6-2)17-8-7-14(11-20-17)19(25)24-12-15(26-4)10-16(24)18-22-21-13(3)27-18/h7-8,11,15-16H,5-6,9-10,12H2,1-4H3/t15-,16-/m1/s1. The number of rotatable bonds is 7. The van der Waals surface area contributed by atoms with Gasteiger partial charge >= 0.3 is 0 Å². The highest BCUT2D eigenvalue weighted by Crippen LogP contribution is 2.33. The molecule has 0 N–H and O–H groups in total. The first-order chi connectivity index (χ1) is 13.1. The molecule has 2 aromatic heterocycles. The Morgan fingerprint density at radius 2 is 2.19 bits per heavy atom. The monoisotopic (exact) mass is 373 g/mol. The maximum absolute atomic E-state index is 13.1. The van der Waals surface area contributed by atoms with Crippen LogP contribution in [-0.4, -0.2) is 58.8 Å². The Hall–Kier alpha value is -2.48.